The first-order valence-electron chi connectivity index (χ1n) is 4.45. The Morgan fingerprint density at radius 1 is 1.47 bits per heavy atom. The molecule has 0 saturated carbocycles. The number of nitrogen functional groups attached to an aromatic ring is 1. The van der Waals surface area contributed by atoms with Crippen LogP contribution < -0.4 is 5.73 Å². The summed E-state index contributed by atoms with van der Waals surface area (Å²) in [4.78, 5) is 11.4. The van der Waals surface area contributed by atoms with Gasteiger partial charge in [0.25, 0.3) is 0 Å². The van der Waals surface area contributed by atoms with Crippen LogP contribution in [0.3, 0.4) is 0 Å². The van der Waals surface area contributed by atoms with Gasteiger partial charge in [0.2, 0.25) is 0 Å². The van der Waals surface area contributed by atoms with Gasteiger partial charge in [0.1, 0.15) is 12.7 Å². The molecule has 0 aliphatic carbocycles. The predicted octanol–water partition coefficient (Wildman–Crippen LogP) is -0.221. The van der Waals surface area contributed by atoms with Gasteiger partial charge in [-0.1, -0.05) is 12.1 Å². The molecule has 5 nitrogen and oxygen atoms in total. The molecule has 1 unspecified atom stereocenters. The van der Waals surface area contributed by atoms with Crippen LogP contribution >= 0.6 is 0 Å². The maximum Gasteiger partial charge on any atom is 0.340 e. The zero-order chi connectivity index (χ0) is 11.3. The normalized spacial score (nSPS) is 12.1. The van der Waals surface area contributed by atoms with Crippen molar-refractivity contribution in [2.75, 3.05) is 18.9 Å². The summed E-state index contributed by atoms with van der Waals surface area (Å²) in [5.41, 5.74) is 6.12. The summed E-state index contributed by atoms with van der Waals surface area (Å²) < 4.78 is 4.73. The minimum Gasteiger partial charge on any atom is -0.459 e. The van der Waals surface area contributed by atoms with Gasteiger partial charge in [-0.2, -0.15) is 0 Å². The molecule has 82 valence electrons. The predicted molar refractivity (Wildman–Crippen MR) is 54.2 cm³/mol. The number of aliphatic hydroxyl groups excluding tert-OH is 2. The topological polar surface area (TPSA) is 92.8 Å². The van der Waals surface area contributed by atoms with E-state index in [9.17, 15) is 4.79 Å². The third-order valence-corrected chi connectivity index (χ3v) is 1.80. The molecule has 0 amide bonds. The lowest BCUT2D eigenvalue weighted by Gasteiger charge is -2.09. The fourth-order valence-corrected chi connectivity index (χ4v) is 0.985. The van der Waals surface area contributed by atoms with Crippen LogP contribution in [0, 0.1) is 0 Å². The van der Waals surface area contributed by atoms with E-state index < -0.39 is 18.7 Å². The SMILES string of the molecule is Nc1ccccc1C(=O)OCC(O)CO. The fraction of sp³-hybridized carbons (Fsp3) is 0.300. The van der Waals surface area contributed by atoms with Crippen LogP contribution in [0.25, 0.3) is 0 Å². The Labute approximate surface area is 87.1 Å². The molecule has 15 heavy (non-hydrogen) atoms. The highest BCUT2D eigenvalue weighted by atomic mass is 16.5. The Bertz CT molecular complexity index is 340. The van der Waals surface area contributed by atoms with Crippen LogP contribution in [-0.2, 0) is 4.74 Å². The number of anilines is 1. The van der Waals surface area contributed by atoms with E-state index >= 15 is 0 Å². The fourth-order valence-electron chi connectivity index (χ4n) is 0.985. The quantitative estimate of drug-likeness (QED) is 0.473. The van der Waals surface area contributed by atoms with E-state index in [0.29, 0.717) is 5.69 Å². The molecule has 0 aromatic heterocycles. The number of hydrogen-bond donors (Lipinski definition) is 3. The van der Waals surface area contributed by atoms with E-state index in [2.05, 4.69) is 0 Å². The second-order valence-electron chi connectivity index (χ2n) is 3.02. The van der Waals surface area contributed by atoms with Crippen LogP contribution in [0.1, 0.15) is 10.4 Å². The molecule has 5 heteroatoms. The molecule has 1 aromatic carbocycles. The monoisotopic (exact) mass is 211 g/mol. The van der Waals surface area contributed by atoms with Gasteiger partial charge in [0.15, 0.2) is 0 Å². The highest BCUT2D eigenvalue weighted by molar-refractivity contribution is 5.94. The number of aliphatic hydroxyl groups is 2. The number of carbonyl (C=O) groups excluding carboxylic acids is 1. The van der Waals surface area contributed by atoms with Gasteiger partial charge in [0.05, 0.1) is 12.2 Å². The number of ether oxygens (including phenoxy) is 1. The Morgan fingerprint density at radius 3 is 2.73 bits per heavy atom. The second kappa shape index (κ2) is 5.33. The highest BCUT2D eigenvalue weighted by Crippen LogP contribution is 2.11. The number of nitrogens with two attached hydrogens (primary N) is 1. The van der Waals surface area contributed by atoms with Crippen LogP contribution in [0.5, 0.6) is 0 Å². The zero-order valence-electron chi connectivity index (χ0n) is 8.09. The molecular weight excluding hydrogens is 198 g/mol. The maximum atomic E-state index is 11.4. The van der Waals surface area contributed by atoms with Crippen molar-refractivity contribution >= 4 is 11.7 Å². The molecule has 0 saturated heterocycles. The number of benzene rings is 1. The molecule has 4 N–H and O–H groups in total. The first-order valence-corrected chi connectivity index (χ1v) is 4.45. The highest BCUT2D eigenvalue weighted by Gasteiger charge is 2.12. The zero-order valence-corrected chi connectivity index (χ0v) is 8.09. The minimum absolute atomic E-state index is 0.246. The van der Waals surface area contributed by atoms with Gasteiger partial charge in [-0.15, -0.1) is 0 Å². The smallest absolute Gasteiger partial charge is 0.340 e. The third kappa shape index (κ3) is 3.23. The van der Waals surface area contributed by atoms with Gasteiger partial charge in [-0.25, -0.2) is 4.79 Å². The van der Waals surface area contributed by atoms with Crippen LogP contribution in [-0.4, -0.2) is 35.5 Å². The van der Waals surface area contributed by atoms with Gasteiger partial charge in [0, 0.05) is 5.69 Å². The van der Waals surface area contributed by atoms with E-state index in [4.69, 9.17) is 20.7 Å². The van der Waals surface area contributed by atoms with Gasteiger partial charge in [-0.3, -0.25) is 0 Å². The molecule has 1 aromatic rings. The third-order valence-electron chi connectivity index (χ3n) is 1.80. The minimum atomic E-state index is -1.06. The summed E-state index contributed by atoms with van der Waals surface area (Å²) in [6, 6.07) is 6.48. The maximum absolute atomic E-state index is 11.4. The van der Waals surface area contributed by atoms with Crippen molar-refractivity contribution < 1.29 is 19.7 Å². The Hall–Kier alpha value is -1.59. The van der Waals surface area contributed by atoms with Gasteiger partial charge < -0.3 is 20.7 Å². The average molecular weight is 211 g/mol. The van der Waals surface area contributed by atoms with Gasteiger partial charge >= 0.3 is 5.97 Å². The number of rotatable bonds is 4. The second-order valence-corrected chi connectivity index (χ2v) is 3.02. The van der Waals surface area contributed by atoms with Crippen molar-refractivity contribution in [3.05, 3.63) is 29.8 Å². The molecule has 0 aliphatic heterocycles. The van der Waals surface area contributed by atoms with Gasteiger partial charge in [-0.05, 0) is 12.1 Å². The van der Waals surface area contributed by atoms with Crippen molar-refractivity contribution in [1.82, 2.24) is 0 Å². The number of carbonyl (C=O) groups is 1. The Balaban J connectivity index is 2.58. The summed E-state index contributed by atoms with van der Waals surface area (Å²) in [6.45, 7) is -0.693. The van der Waals surface area contributed by atoms with Crippen LogP contribution in [0.15, 0.2) is 24.3 Å². The molecule has 0 fully saturated rings. The van der Waals surface area contributed by atoms with E-state index in [1.54, 1.807) is 18.2 Å². The summed E-state index contributed by atoms with van der Waals surface area (Å²) >= 11 is 0. The van der Waals surface area contributed by atoms with Crippen molar-refractivity contribution in [2.45, 2.75) is 6.10 Å². The van der Waals surface area contributed by atoms with Crippen molar-refractivity contribution in [3.63, 3.8) is 0 Å². The molecule has 0 bridgehead atoms. The molecule has 0 radical (unpaired) electrons. The summed E-state index contributed by atoms with van der Waals surface area (Å²) in [6.07, 6.45) is -1.06. The van der Waals surface area contributed by atoms with Crippen molar-refractivity contribution in [3.8, 4) is 0 Å². The van der Waals surface area contributed by atoms with E-state index in [-0.39, 0.29) is 12.2 Å². The lowest BCUT2D eigenvalue weighted by Crippen LogP contribution is -2.22. The largest absolute Gasteiger partial charge is 0.459 e. The van der Waals surface area contributed by atoms with Crippen molar-refractivity contribution in [2.24, 2.45) is 0 Å². The molecule has 1 rings (SSSR count). The molecular formula is C10H13NO4. The molecule has 0 heterocycles. The number of hydrogen-bond acceptors (Lipinski definition) is 5. The summed E-state index contributed by atoms with van der Waals surface area (Å²) in [5.74, 6) is -0.611. The summed E-state index contributed by atoms with van der Waals surface area (Å²) in [7, 11) is 0. The number of para-hydroxylation sites is 1. The average Bonchev–Trinajstić information content (AvgIpc) is 2.26. The van der Waals surface area contributed by atoms with Crippen molar-refractivity contribution in [1.29, 1.82) is 0 Å². The summed E-state index contributed by atoms with van der Waals surface area (Å²) in [5, 5.41) is 17.5. The van der Waals surface area contributed by atoms with Crippen LogP contribution in [0.4, 0.5) is 5.69 Å². The van der Waals surface area contributed by atoms with E-state index in [1.807, 2.05) is 0 Å². The molecule has 0 spiro atoms. The van der Waals surface area contributed by atoms with E-state index in [1.165, 1.54) is 6.07 Å². The Morgan fingerprint density at radius 2 is 2.13 bits per heavy atom. The first-order chi connectivity index (χ1) is 7.15. The lowest BCUT2D eigenvalue weighted by molar-refractivity contribution is 0.00941. The standard InChI is InChI=1S/C10H13NO4/c11-9-4-2-1-3-8(9)10(14)15-6-7(13)5-12/h1-4,7,12-13H,5-6,11H2. The van der Waals surface area contributed by atoms with Crippen LogP contribution in [0.2, 0.25) is 0 Å². The van der Waals surface area contributed by atoms with E-state index in [0.717, 1.165) is 0 Å². The molecule has 1 atom stereocenters. The number of esters is 1. The Kier molecular flexibility index (Phi) is 4.08. The molecule has 0 aliphatic rings. The first kappa shape index (κ1) is 11.5. The lowest BCUT2D eigenvalue weighted by atomic mass is 10.2.